The largest absolute Gasteiger partial charge is 0.355 e. The highest BCUT2D eigenvalue weighted by atomic mass is 16.7. The van der Waals surface area contributed by atoms with E-state index in [1.165, 1.54) is 6.42 Å². The molecule has 0 spiro atoms. The Morgan fingerprint density at radius 2 is 1.62 bits per heavy atom. The van der Waals surface area contributed by atoms with E-state index in [2.05, 4.69) is 26.1 Å². The zero-order valence-corrected chi connectivity index (χ0v) is 9.46. The van der Waals surface area contributed by atoms with Gasteiger partial charge >= 0.3 is 0 Å². The first-order valence-electron chi connectivity index (χ1n) is 4.89. The maximum Gasteiger partial charge on any atom is 0.169 e. The maximum absolute atomic E-state index is 5.07. The van der Waals surface area contributed by atoms with Crippen molar-refractivity contribution in [1.29, 1.82) is 0 Å². The van der Waals surface area contributed by atoms with Crippen LogP contribution in [-0.2, 0) is 9.47 Å². The first-order chi connectivity index (χ1) is 6.10. The van der Waals surface area contributed by atoms with Crippen LogP contribution in [0.3, 0.4) is 0 Å². The lowest BCUT2D eigenvalue weighted by Gasteiger charge is -2.19. The molecule has 3 heteroatoms. The third-order valence-corrected chi connectivity index (χ3v) is 1.98. The van der Waals surface area contributed by atoms with Crippen molar-refractivity contribution in [3.63, 3.8) is 0 Å². The van der Waals surface area contributed by atoms with E-state index in [0.29, 0.717) is 6.04 Å². The Balaban J connectivity index is 3.49. The zero-order chi connectivity index (χ0) is 10.3. The Labute approximate surface area is 81.8 Å². The van der Waals surface area contributed by atoms with Gasteiger partial charge in [-0.3, -0.25) is 0 Å². The highest BCUT2D eigenvalue weighted by Crippen LogP contribution is 2.03. The molecule has 0 aliphatic heterocycles. The number of hydrogen-bond acceptors (Lipinski definition) is 3. The van der Waals surface area contributed by atoms with Gasteiger partial charge in [-0.2, -0.15) is 0 Å². The highest BCUT2D eigenvalue weighted by molar-refractivity contribution is 4.63. The van der Waals surface area contributed by atoms with Crippen LogP contribution in [-0.4, -0.2) is 33.1 Å². The van der Waals surface area contributed by atoms with E-state index in [9.17, 15) is 0 Å². The molecule has 0 amide bonds. The standard InChI is InChI=1S/C10H23NO2/c1-8(2)6-9(3)11-7-10(12-4)13-5/h8-11H,6-7H2,1-5H3/t9-/m1/s1. The minimum Gasteiger partial charge on any atom is -0.355 e. The summed E-state index contributed by atoms with van der Waals surface area (Å²) in [6, 6.07) is 0.521. The molecule has 80 valence electrons. The van der Waals surface area contributed by atoms with Gasteiger partial charge in [-0.1, -0.05) is 13.8 Å². The molecule has 0 fully saturated rings. The normalized spacial score (nSPS) is 14.1. The van der Waals surface area contributed by atoms with Crippen LogP contribution in [0.25, 0.3) is 0 Å². The second kappa shape index (κ2) is 7.30. The van der Waals surface area contributed by atoms with Crippen molar-refractivity contribution < 1.29 is 9.47 Å². The molecule has 0 aliphatic carbocycles. The fourth-order valence-electron chi connectivity index (χ4n) is 1.35. The smallest absolute Gasteiger partial charge is 0.169 e. The summed E-state index contributed by atoms with van der Waals surface area (Å²) in [5, 5.41) is 3.37. The molecule has 0 radical (unpaired) electrons. The van der Waals surface area contributed by atoms with E-state index in [4.69, 9.17) is 9.47 Å². The fraction of sp³-hybridized carbons (Fsp3) is 1.00. The lowest BCUT2D eigenvalue weighted by molar-refractivity contribution is -0.0998. The lowest BCUT2D eigenvalue weighted by Crippen LogP contribution is -2.36. The van der Waals surface area contributed by atoms with E-state index in [1.807, 2.05) is 0 Å². The third kappa shape index (κ3) is 6.99. The van der Waals surface area contributed by atoms with Gasteiger partial charge in [0.05, 0.1) is 0 Å². The van der Waals surface area contributed by atoms with Gasteiger partial charge in [-0.05, 0) is 19.3 Å². The van der Waals surface area contributed by atoms with Gasteiger partial charge in [-0.15, -0.1) is 0 Å². The van der Waals surface area contributed by atoms with Crippen LogP contribution in [0.2, 0.25) is 0 Å². The summed E-state index contributed by atoms with van der Waals surface area (Å²) in [4.78, 5) is 0. The van der Waals surface area contributed by atoms with Gasteiger partial charge in [-0.25, -0.2) is 0 Å². The van der Waals surface area contributed by atoms with Crippen molar-refractivity contribution in [3.05, 3.63) is 0 Å². The second-order valence-corrected chi connectivity index (χ2v) is 3.84. The van der Waals surface area contributed by atoms with Crippen LogP contribution in [0.15, 0.2) is 0 Å². The Morgan fingerprint density at radius 3 is 2.00 bits per heavy atom. The summed E-state index contributed by atoms with van der Waals surface area (Å²) in [5.74, 6) is 0.728. The van der Waals surface area contributed by atoms with Crippen LogP contribution in [0.1, 0.15) is 27.2 Å². The van der Waals surface area contributed by atoms with Crippen LogP contribution in [0, 0.1) is 5.92 Å². The quantitative estimate of drug-likeness (QED) is 0.617. The average Bonchev–Trinajstić information content (AvgIpc) is 2.05. The molecular weight excluding hydrogens is 166 g/mol. The fourth-order valence-corrected chi connectivity index (χ4v) is 1.35. The predicted octanol–water partition coefficient (Wildman–Crippen LogP) is 1.63. The van der Waals surface area contributed by atoms with Gasteiger partial charge < -0.3 is 14.8 Å². The minimum absolute atomic E-state index is 0.130. The Kier molecular flexibility index (Phi) is 7.23. The SMILES string of the molecule is COC(CN[C@H](C)CC(C)C)OC. The van der Waals surface area contributed by atoms with Gasteiger partial charge in [0.15, 0.2) is 6.29 Å². The van der Waals surface area contributed by atoms with Crippen LogP contribution in [0.5, 0.6) is 0 Å². The molecule has 13 heavy (non-hydrogen) atoms. The Morgan fingerprint density at radius 1 is 1.08 bits per heavy atom. The van der Waals surface area contributed by atoms with Gasteiger partial charge in [0.2, 0.25) is 0 Å². The lowest BCUT2D eigenvalue weighted by atomic mass is 10.1. The van der Waals surface area contributed by atoms with Crippen molar-refractivity contribution in [2.24, 2.45) is 5.92 Å². The topological polar surface area (TPSA) is 30.5 Å². The molecule has 0 heterocycles. The summed E-state index contributed by atoms with van der Waals surface area (Å²) in [7, 11) is 3.31. The molecule has 0 aromatic heterocycles. The number of nitrogens with one attached hydrogen (secondary N) is 1. The molecule has 1 N–H and O–H groups in total. The minimum atomic E-state index is -0.130. The summed E-state index contributed by atoms with van der Waals surface area (Å²) in [6.45, 7) is 7.38. The monoisotopic (exact) mass is 189 g/mol. The van der Waals surface area contributed by atoms with Crippen molar-refractivity contribution in [3.8, 4) is 0 Å². The van der Waals surface area contributed by atoms with Gasteiger partial charge in [0.1, 0.15) is 0 Å². The number of ether oxygens (including phenoxy) is 2. The van der Waals surface area contributed by atoms with E-state index in [0.717, 1.165) is 12.5 Å². The average molecular weight is 189 g/mol. The molecule has 0 aromatic rings. The van der Waals surface area contributed by atoms with Crippen LogP contribution in [0.4, 0.5) is 0 Å². The molecule has 0 aliphatic rings. The molecule has 0 saturated carbocycles. The third-order valence-electron chi connectivity index (χ3n) is 1.98. The van der Waals surface area contributed by atoms with Crippen LogP contribution >= 0.6 is 0 Å². The van der Waals surface area contributed by atoms with Gasteiger partial charge in [0, 0.05) is 26.8 Å². The second-order valence-electron chi connectivity index (χ2n) is 3.84. The molecule has 0 bridgehead atoms. The van der Waals surface area contributed by atoms with Gasteiger partial charge in [0.25, 0.3) is 0 Å². The molecule has 1 atom stereocenters. The van der Waals surface area contributed by atoms with E-state index in [1.54, 1.807) is 14.2 Å². The first kappa shape index (κ1) is 12.9. The molecule has 0 rings (SSSR count). The number of rotatable bonds is 7. The van der Waals surface area contributed by atoms with Crippen molar-refractivity contribution in [1.82, 2.24) is 5.32 Å². The molecule has 0 saturated heterocycles. The molecular formula is C10H23NO2. The number of hydrogen-bond donors (Lipinski definition) is 1. The highest BCUT2D eigenvalue weighted by Gasteiger charge is 2.08. The molecule has 0 unspecified atom stereocenters. The summed E-state index contributed by atoms with van der Waals surface area (Å²) >= 11 is 0. The maximum atomic E-state index is 5.07. The van der Waals surface area contributed by atoms with Crippen LogP contribution < -0.4 is 5.32 Å². The molecule has 0 aromatic carbocycles. The van der Waals surface area contributed by atoms with E-state index in [-0.39, 0.29) is 6.29 Å². The predicted molar refractivity (Wildman–Crippen MR) is 54.7 cm³/mol. The van der Waals surface area contributed by atoms with E-state index < -0.39 is 0 Å². The summed E-state index contributed by atoms with van der Waals surface area (Å²) in [5.41, 5.74) is 0. The first-order valence-corrected chi connectivity index (χ1v) is 4.89. The number of methoxy groups -OCH3 is 2. The Hall–Kier alpha value is -0.120. The van der Waals surface area contributed by atoms with E-state index >= 15 is 0 Å². The summed E-state index contributed by atoms with van der Waals surface area (Å²) in [6.07, 6.45) is 1.05. The van der Waals surface area contributed by atoms with Crippen molar-refractivity contribution in [2.45, 2.75) is 39.5 Å². The molecule has 3 nitrogen and oxygen atoms in total. The van der Waals surface area contributed by atoms with Crippen molar-refractivity contribution in [2.75, 3.05) is 20.8 Å². The van der Waals surface area contributed by atoms with Crippen molar-refractivity contribution >= 4 is 0 Å². The Bertz CT molecular complexity index is 113. The zero-order valence-electron chi connectivity index (χ0n) is 9.46. The summed E-state index contributed by atoms with van der Waals surface area (Å²) < 4.78 is 10.1.